The van der Waals surface area contributed by atoms with E-state index in [0.717, 1.165) is 5.56 Å². The highest BCUT2D eigenvalue weighted by atomic mass is 19.1. The van der Waals surface area contributed by atoms with Crippen LogP contribution in [0.5, 0.6) is 23.1 Å². The quantitative estimate of drug-likeness (QED) is 0.370. The van der Waals surface area contributed by atoms with Gasteiger partial charge in [0.2, 0.25) is 18.6 Å². The van der Waals surface area contributed by atoms with Crippen molar-refractivity contribution in [1.29, 1.82) is 0 Å². The fraction of sp³-hybridized carbons (Fsp3) is 0.107. The van der Waals surface area contributed by atoms with Gasteiger partial charge in [-0.15, -0.1) is 0 Å². The molecule has 3 N–H and O–H groups in total. The Balaban J connectivity index is 1.31. The van der Waals surface area contributed by atoms with Gasteiger partial charge in [-0.3, -0.25) is 9.59 Å². The number of ether oxygens (including phenoxy) is 3. The molecule has 1 unspecified atom stereocenters. The Morgan fingerprint density at radius 3 is 2.51 bits per heavy atom. The molecule has 4 aromatic rings. The van der Waals surface area contributed by atoms with Crippen LogP contribution in [0.3, 0.4) is 0 Å². The maximum absolute atomic E-state index is 15.0. The second kappa shape index (κ2) is 9.98. The summed E-state index contributed by atoms with van der Waals surface area (Å²) in [5, 5.41) is 2.81. The van der Waals surface area contributed by atoms with Crippen molar-refractivity contribution < 1.29 is 28.2 Å². The molecule has 0 fully saturated rings. The third-order valence-electron chi connectivity index (χ3n) is 5.89. The number of halogens is 1. The van der Waals surface area contributed by atoms with Crippen LogP contribution in [0.1, 0.15) is 39.2 Å². The molecule has 2 heterocycles. The summed E-state index contributed by atoms with van der Waals surface area (Å²) >= 11 is 0. The topological polar surface area (TPSA) is 113 Å². The van der Waals surface area contributed by atoms with E-state index < -0.39 is 23.7 Å². The maximum Gasteiger partial charge on any atom is 0.257 e. The summed E-state index contributed by atoms with van der Waals surface area (Å²) in [5.74, 6) is 0.188. The highest BCUT2D eigenvalue weighted by Gasteiger charge is 2.20. The third-order valence-corrected chi connectivity index (χ3v) is 5.89. The second-order valence-electron chi connectivity index (χ2n) is 8.35. The number of carbonyl (C=O) groups is 2. The van der Waals surface area contributed by atoms with Gasteiger partial charge in [0.1, 0.15) is 17.1 Å². The van der Waals surface area contributed by atoms with Crippen molar-refractivity contribution in [3.8, 4) is 34.3 Å². The molecule has 0 saturated carbocycles. The number of nitrogens with one attached hydrogen (secondary N) is 1. The van der Waals surface area contributed by atoms with Crippen molar-refractivity contribution in [2.75, 3.05) is 6.79 Å². The zero-order valence-electron chi connectivity index (χ0n) is 19.7. The molecule has 1 aliphatic heterocycles. The zero-order chi connectivity index (χ0) is 25.9. The van der Waals surface area contributed by atoms with E-state index in [-0.39, 0.29) is 18.2 Å². The number of pyridine rings is 1. The first kappa shape index (κ1) is 23.8. The average molecular weight is 499 g/mol. The van der Waals surface area contributed by atoms with E-state index in [1.54, 1.807) is 73.7 Å². The van der Waals surface area contributed by atoms with Crippen LogP contribution in [0.2, 0.25) is 0 Å². The first-order chi connectivity index (χ1) is 17.9. The van der Waals surface area contributed by atoms with Gasteiger partial charge in [0.25, 0.3) is 5.91 Å². The van der Waals surface area contributed by atoms with Crippen molar-refractivity contribution in [1.82, 2.24) is 10.3 Å². The lowest BCUT2D eigenvalue weighted by Crippen LogP contribution is -2.27. The Hall–Kier alpha value is -4.92. The van der Waals surface area contributed by atoms with E-state index in [1.165, 1.54) is 12.3 Å². The Morgan fingerprint density at radius 2 is 1.76 bits per heavy atom. The first-order valence-corrected chi connectivity index (χ1v) is 11.4. The molecule has 37 heavy (non-hydrogen) atoms. The smallest absolute Gasteiger partial charge is 0.257 e. The number of benzene rings is 3. The lowest BCUT2D eigenvalue weighted by molar-refractivity contribution is 0.0935. The van der Waals surface area contributed by atoms with Crippen molar-refractivity contribution in [2.45, 2.75) is 13.0 Å². The van der Waals surface area contributed by atoms with Gasteiger partial charge in [-0.2, -0.15) is 0 Å². The number of rotatable bonds is 7. The Kier molecular flexibility index (Phi) is 6.42. The van der Waals surface area contributed by atoms with Crippen molar-refractivity contribution in [2.24, 2.45) is 5.73 Å². The molecule has 0 spiro atoms. The minimum atomic E-state index is -0.641. The summed E-state index contributed by atoms with van der Waals surface area (Å²) < 4.78 is 31.5. The molecule has 186 valence electrons. The normalized spacial score (nSPS) is 12.6. The number of hydrogen-bond acceptors (Lipinski definition) is 6. The number of fused-ring (bicyclic) bond motifs is 1. The number of primary amides is 1. The van der Waals surface area contributed by atoms with E-state index in [0.29, 0.717) is 33.9 Å². The molecule has 0 bridgehead atoms. The minimum Gasteiger partial charge on any atom is -0.454 e. The molecular formula is C28H22FN3O5. The molecule has 5 rings (SSSR count). The summed E-state index contributed by atoms with van der Waals surface area (Å²) in [6.45, 7) is 1.82. The van der Waals surface area contributed by atoms with Gasteiger partial charge in [-0.05, 0) is 60.5 Å². The highest BCUT2D eigenvalue weighted by molar-refractivity contribution is 5.96. The van der Waals surface area contributed by atoms with Crippen LogP contribution in [0, 0.1) is 5.82 Å². The van der Waals surface area contributed by atoms with Crippen LogP contribution in [-0.4, -0.2) is 23.6 Å². The van der Waals surface area contributed by atoms with Gasteiger partial charge in [0, 0.05) is 23.4 Å². The highest BCUT2D eigenvalue weighted by Crippen LogP contribution is 2.37. The van der Waals surface area contributed by atoms with Crippen LogP contribution < -0.4 is 25.3 Å². The van der Waals surface area contributed by atoms with E-state index in [2.05, 4.69) is 10.3 Å². The zero-order valence-corrected chi connectivity index (χ0v) is 19.7. The SMILES string of the molecule is CC(NC(=O)c1cccnc1Oc1ccc2c(c1)OCO2)c1ccc(-c2ccc(C(N)=O)cc2)cc1F. The summed E-state index contributed by atoms with van der Waals surface area (Å²) in [6.07, 6.45) is 1.51. The molecular weight excluding hydrogens is 477 g/mol. The lowest BCUT2D eigenvalue weighted by Gasteiger charge is -2.17. The number of hydrogen-bond donors (Lipinski definition) is 2. The van der Waals surface area contributed by atoms with Gasteiger partial charge >= 0.3 is 0 Å². The number of nitrogens with two attached hydrogens (primary N) is 1. The van der Waals surface area contributed by atoms with Crippen molar-refractivity contribution in [3.63, 3.8) is 0 Å². The fourth-order valence-electron chi connectivity index (χ4n) is 3.93. The van der Waals surface area contributed by atoms with Gasteiger partial charge in [0.15, 0.2) is 11.5 Å². The van der Waals surface area contributed by atoms with Gasteiger partial charge in [-0.25, -0.2) is 9.37 Å². The van der Waals surface area contributed by atoms with Crippen molar-refractivity contribution in [3.05, 3.63) is 102 Å². The number of amides is 2. The molecule has 0 saturated heterocycles. The molecule has 1 aliphatic rings. The number of nitrogens with zero attached hydrogens (tertiary/aromatic N) is 1. The van der Waals surface area contributed by atoms with Crippen LogP contribution >= 0.6 is 0 Å². The lowest BCUT2D eigenvalue weighted by atomic mass is 9.99. The maximum atomic E-state index is 15.0. The standard InChI is InChI=1S/C28H22FN3O5/c1-16(21-10-8-19(13-23(21)29)17-4-6-18(7-5-17)26(30)33)32-27(34)22-3-2-12-31-28(22)37-20-9-11-24-25(14-20)36-15-35-24/h2-14,16H,15H2,1H3,(H2,30,33)(H,32,34). The molecule has 0 aliphatic carbocycles. The van der Waals surface area contributed by atoms with Gasteiger partial charge in [-0.1, -0.05) is 24.3 Å². The Morgan fingerprint density at radius 1 is 1.00 bits per heavy atom. The molecule has 2 amide bonds. The van der Waals surface area contributed by atoms with Crippen LogP contribution in [0.4, 0.5) is 4.39 Å². The molecule has 1 atom stereocenters. The molecule has 3 aromatic carbocycles. The predicted molar refractivity (Wildman–Crippen MR) is 133 cm³/mol. The van der Waals surface area contributed by atoms with Gasteiger partial charge < -0.3 is 25.3 Å². The van der Waals surface area contributed by atoms with E-state index >= 15 is 4.39 Å². The third kappa shape index (κ3) is 5.06. The van der Waals surface area contributed by atoms with Crippen LogP contribution in [-0.2, 0) is 0 Å². The predicted octanol–water partition coefficient (Wildman–Crippen LogP) is 5.00. The molecule has 9 heteroatoms. The summed E-state index contributed by atoms with van der Waals surface area (Å²) in [6, 6.07) is 18.9. The fourth-order valence-corrected chi connectivity index (χ4v) is 3.93. The Labute approximate surface area is 211 Å². The average Bonchev–Trinajstić information content (AvgIpc) is 3.37. The largest absolute Gasteiger partial charge is 0.454 e. The van der Waals surface area contributed by atoms with E-state index in [1.807, 2.05) is 0 Å². The van der Waals surface area contributed by atoms with Crippen molar-refractivity contribution >= 4 is 11.8 Å². The number of aromatic nitrogens is 1. The van der Waals surface area contributed by atoms with E-state index in [9.17, 15) is 9.59 Å². The van der Waals surface area contributed by atoms with Gasteiger partial charge in [0.05, 0.1) is 6.04 Å². The van der Waals surface area contributed by atoms with E-state index in [4.69, 9.17) is 19.9 Å². The second-order valence-corrected chi connectivity index (χ2v) is 8.35. The summed E-state index contributed by atoms with van der Waals surface area (Å²) in [4.78, 5) is 28.5. The minimum absolute atomic E-state index is 0.0984. The molecule has 0 radical (unpaired) electrons. The monoisotopic (exact) mass is 499 g/mol. The first-order valence-electron chi connectivity index (χ1n) is 11.4. The van der Waals surface area contributed by atoms with Crippen LogP contribution in [0.25, 0.3) is 11.1 Å². The van der Waals surface area contributed by atoms with Crippen LogP contribution in [0.15, 0.2) is 79.0 Å². The molecule has 8 nitrogen and oxygen atoms in total. The molecule has 1 aromatic heterocycles. The summed E-state index contributed by atoms with van der Waals surface area (Å²) in [7, 11) is 0. The number of carbonyl (C=O) groups excluding carboxylic acids is 2. The Bertz CT molecular complexity index is 1490. The summed E-state index contributed by atoms with van der Waals surface area (Å²) in [5.41, 5.74) is 7.51.